The number of halogens is 1. The maximum Gasteiger partial charge on any atom is 0.120 e. The van der Waals surface area contributed by atoms with E-state index in [2.05, 4.69) is 72.2 Å². The number of alkyl halides is 1. The Kier molecular flexibility index (Phi) is 3.30. The molecule has 0 aromatic heterocycles. The van der Waals surface area contributed by atoms with E-state index in [0.29, 0.717) is 10.9 Å². The van der Waals surface area contributed by atoms with Crippen LogP contribution in [0.3, 0.4) is 0 Å². The monoisotopic (exact) mass is 318 g/mol. The van der Waals surface area contributed by atoms with Crippen molar-refractivity contribution in [1.29, 1.82) is 0 Å². The van der Waals surface area contributed by atoms with Crippen molar-refractivity contribution in [2.45, 2.75) is 37.6 Å². The van der Waals surface area contributed by atoms with Gasteiger partial charge in [0.1, 0.15) is 11.9 Å². The summed E-state index contributed by atoms with van der Waals surface area (Å²) in [5.41, 5.74) is 0.256. The topological polar surface area (TPSA) is 9.23 Å². The van der Waals surface area contributed by atoms with Crippen molar-refractivity contribution >= 4 is 26.7 Å². The van der Waals surface area contributed by atoms with Crippen LogP contribution in [0.2, 0.25) is 0 Å². The Balaban J connectivity index is 1.82. The molecule has 2 aromatic carbocycles. The van der Waals surface area contributed by atoms with E-state index < -0.39 is 0 Å². The zero-order valence-electron chi connectivity index (χ0n) is 11.4. The zero-order chi connectivity index (χ0) is 13.5. The van der Waals surface area contributed by atoms with Gasteiger partial charge in [-0.1, -0.05) is 60.1 Å². The summed E-state index contributed by atoms with van der Waals surface area (Å²) in [7, 11) is 0. The number of ether oxygens (including phenoxy) is 1. The standard InChI is InChI=1S/C17H19BrO/c1-3-17(2)15(18)11-16(17)19-14-9-8-12-6-4-5-7-13(12)10-14/h4-10,15-16H,3,11H2,1-2H3. The Morgan fingerprint density at radius 3 is 2.63 bits per heavy atom. The first-order valence-electron chi connectivity index (χ1n) is 6.93. The third-order valence-corrected chi connectivity index (χ3v) is 6.05. The molecule has 0 radical (unpaired) electrons. The van der Waals surface area contributed by atoms with Gasteiger partial charge < -0.3 is 4.74 Å². The van der Waals surface area contributed by atoms with Crippen molar-refractivity contribution in [1.82, 2.24) is 0 Å². The minimum absolute atomic E-state index is 0.256. The lowest BCUT2D eigenvalue weighted by Crippen LogP contribution is -2.54. The Morgan fingerprint density at radius 1 is 1.21 bits per heavy atom. The summed E-state index contributed by atoms with van der Waals surface area (Å²) in [5.74, 6) is 0.989. The van der Waals surface area contributed by atoms with Gasteiger partial charge in [-0.05, 0) is 35.7 Å². The molecule has 1 aliphatic rings. The van der Waals surface area contributed by atoms with Gasteiger partial charge in [-0.25, -0.2) is 0 Å². The molecule has 0 N–H and O–H groups in total. The van der Waals surface area contributed by atoms with Crippen molar-refractivity contribution in [3.8, 4) is 5.75 Å². The van der Waals surface area contributed by atoms with Crippen LogP contribution in [0.15, 0.2) is 42.5 Å². The average Bonchev–Trinajstić information content (AvgIpc) is 2.46. The molecule has 2 heteroatoms. The number of hydrogen-bond donors (Lipinski definition) is 0. The van der Waals surface area contributed by atoms with E-state index in [0.717, 1.165) is 18.6 Å². The summed E-state index contributed by atoms with van der Waals surface area (Å²) in [5, 5.41) is 2.51. The Bertz CT molecular complexity index is 595. The van der Waals surface area contributed by atoms with Gasteiger partial charge in [-0.3, -0.25) is 0 Å². The highest BCUT2D eigenvalue weighted by Gasteiger charge is 2.50. The van der Waals surface area contributed by atoms with Crippen LogP contribution in [0.5, 0.6) is 5.75 Å². The van der Waals surface area contributed by atoms with Crippen LogP contribution in [-0.2, 0) is 0 Å². The van der Waals surface area contributed by atoms with Gasteiger partial charge in [0.25, 0.3) is 0 Å². The quantitative estimate of drug-likeness (QED) is 0.709. The van der Waals surface area contributed by atoms with E-state index in [9.17, 15) is 0 Å². The van der Waals surface area contributed by atoms with Gasteiger partial charge in [0.2, 0.25) is 0 Å². The molecule has 3 rings (SSSR count). The van der Waals surface area contributed by atoms with Crippen LogP contribution < -0.4 is 4.74 Å². The summed E-state index contributed by atoms with van der Waals surface area (Å²) in [6, 6.07) is 14.8. The van der Waals surface area contributed by atoms with Crippen LogP contribution in [-0.4, -0.2) is 10.9 Å². The highest BCUT2D eigenvalue weighted by molar-refractivity contribution is 9.09. The molecule has 0 saturated heterocycles. The van der Waals surface area contributed by atoms with E-state index >= 15 is 0 Å². The van der Waals surface area contributed by atoms with E-state index in [4.69, 9.17) is 4.74 Å². The van der Waals surface area contributed by atoms with Crippen LogP contribution in [0.4, 0.5) is 0 Å². The predicted octanol–water partition coefficient (Wildman–Crippen LogP) is 5.17. The predicted molar refractivity (Wildman–Crippen MR) is 84.1 cm³/mol. The van der Waals surface area contributed by atoms with Crippen LogP contribution >= 0.6 is 15.9 Å². The number of hydrogen-bond acceptors (Lipinski definition) is 1. The van der Waals surface area contributed by atoms with Crippen LogP contribution in [0, 0.1) is 5.41 Å². The van der Waals surface area contributed by atoms with E-state index in [1.54, 1.807) is 0 Å². The lowest BCUT2D eigenvalue weighted by molar-refractivity contribution is -0.0242. The zero-order valence-corrected chi connectivity index (χ0v) is 13.0. The van der Waals surface area contributed by atoms with Crippen LogP contribution in [0.25, 0.3) is 10.8 Å². The molecule has 0 bridgehead atoms. The van der Waals surface area contributed by atoms with Gasteiger partial charge in [0.15, 0.2) is 0 Å². The smallest absolute Gasteiger partial charge is 0.120 e. The SMILES string of the molecule is CCC1(C)C(Br)CC1Oc1ccc2ccccc2c1. The first-order chi connectivity index (χ1) is 9.13. The molecule has 0 spiro atoms. The second kappa shape index (κ2) is 4.82. The second-order valence-corrected chi connectivity index (χ2v) is 6.78. The summed E-state index contributed by atoms with van der Waals surface area (Å²) in [6.45, 7) is 4.55. The molecule has 0 amide bonds. The van der Waals surface area contributed by atoms with Crippen molar-refractivity contribution in [2.24, 2.45) is 5.41 Å². The first-order valence-corrected chi connectivity index (χ1v) is 7.84. The second-order valence-electron chi connectivity index (χ2n) is 5.68. The fraction of sp³-hybridized carbons (Fsp3) is 0.412. The van der Waals surface area contributed by atoms with Gasteiger partial charge in [0, 0.05) is 10.2 Å². The molecule has 1 aliphatic carbocycles. The van der Waals surface area contributed by atoms with E-state index in [1.165, 1.54) is 10.8 Å². The van der Waals surface area contributed by atoms with Gasteiger partial charge in [-0.2, -0.15) is 0 Å². The molecule has 19 heavy (non-hydrogen) atoms. The molecule has 2 aromatic rings. The molecule has 1 saturated carbocycles. The number of fused-ring (bicyclic) bond motifs is 1. The van der Waals surface area contributed by atoms with Crippen molar-refractivity contribution < 1.29 is 4.74 Å². The lowest BCUT2D eigenvalue weighted by Gasteiger charge is -2.50. The maximum atomic E-state index is 6.21. The summed E-state index contributed by atoms with van der Waals surface area (Å²) >= 11 is 3.76. The molecule has 1 nitrogen and oxygen atoms in total. The molecule has 1 fully saturated rings. The fourth-order valence-corrected chi connectivity index (χ4v) is 3.76. The van der Waals surface area contributed by atoms with Crippen molar-refractivity contribution in [3.63, 3.8) is 0 Å². The molecule has 3 unspecified atom stereocenters. The Morgan fingerprint density at radius 2 is 1.95 bits per heavy atom. The fourth-order valence-electron chi connectivity index (χ4n) is 2.80. The minimum atomic E-state index is 0.256. The Labute approximate surface area is 123 Å². The van der Waals surface area contributed by atoms with Gasteiger partial charge >= 0.3 is 0 Å². The van der Waals surface area contributed by atoms with Crippen molar-refractivity contribution in [2.75, 3.05) is 0 Å². The highest BCUT2D eigenvalue weighted by atomic mass is 79.9. The first kappa shape index (κ1) is 13.0. The normalized spacial score (nSPS) is 30.1. The number of benzene rings is 2. The maximum absolute atomic E-state index is 6.21. The lowest BCUT2D eigenvalue weighted by atomic mass is 9.65. The van der Waals surface area contributed by atoms with E-state index in [-0.39, 0.29) is 5.41 Å². The molecule has 0 aliphatic heterocycles. The summed E-state index contributed by atoms with van der Waals surface area (Å²) in [4.78, 5) is 0.579. The molecular weight excluding hydrogens is 300 g/mol. The largest absolute Gasteiger partial charge is 0.490 e. The third-order valence-electron chi connectivity index (χ3n) is 4.63. The van der Waals surface area contributed by atoms with Crippen LogP contribution in [0.1, 0.15) is 26.7 Å². The Hall–Kier alpha value is -1.02. The van der Waals surface area contributed by atoms with Crippen molar-refractivity contribution in [3.05, 3.63) is 42.5 Å². The molecular formula is C17H19BrO. The molecule has 100 valence electrons. The summed E-state index contributed by atoms with van der Waals surface area (Å²) in [6.07, 6.45) is 2.56. The third kappa shape index (κ3) is 2.16. The molecule has 0 heterocycles. The average molecular weight is 319 g/mol. The number of rotatable bonds is 3. The van der Waals surface area contributed by atoms with E-state index in [1.807, 2.05) is 0 Å². The highest BCUT2D eigenvalue weighted by Crippen LogP contribution is 2.50. The minimum Gasteiger partial charge on any atom is -0.490 e. The van der Waals surface area contributed by atoms with Gasteiger partial charge in [-0.15, -0.1) is 0 Å². The summed E-state index contributed by atoms with van der Waals surface area (Å²) < 4.78 is 6.21. The molecule has 3 atom stereocenters. The van der Waals surface area contributed by atoms with Gasteiger partial charge in [0.05, 0.1) is 0 Å².